The molecule has 0 saturated heterocycles. The number of hydrazone groups is 1. The molecule has 0 unspecified atom stereocenters. The lowest BCUT2D eigenvalue weighted by Crippen LogP contribution is -2.38. The Balaban J connectivity index is 2.09. The number of H-pyrrole nitrogens is 1. The number of nitro groups is 1. The molecule has 1 aromatic heterocycles. The molecule has 170 valence electrons. The number of halogens is 2. The monoisotopic (exact) mass is 492 g/mol. The topological polar surface area (TPSA) is 183 Å². The van der Waals surface area contributed by atoms with Crippen molar-refractivity contribution >= 4 is 63.2 Å². The number of aromatic amines is 1. The number of carbonyl (C=O) groups excluding carboxylic acids is 2. The van der Waals surface area contributed by atoms with Crippen LogP contribution in [0.25, 0.3) is 11.0 Å². The Kier molecular flexibility index (Phi) is 6.89. The van der Waals surface area contributed by atoms with E-state index in [0.29, 0.717) is 0 Å². The fourth-order valence-electron chi connectivity index (χ4n) is 2.91. The molecule has 0 radical (unpaired) electrons. The van der Waals surface area contributed by atoms with Gasteiger partial charge in [-0.1, -0.05) is 23.2 Å². The third kappa shape index (κ3) is 4.91. The van der Waals surface area contributed by atoms with Crippen molar-refractivity contribution in [2.75, 3.05) is 12.4 Å². The van der Waals surface area contributed by atoms with Crippen molar-refractivity contribution in [2.24, 2.45) is 10.9 Å². The number of nitrogens with zero attached hydrogens (tertiary/aromatic N) is 3. The maximum atomic E-state index is 12.9. The van der Waals surface area contributed by atoms with Crippen molar-refractivity contribution in [1.29, 1.82) is 0 Å². The summed E-state index contributed by atoms with van der Waals surface area (Å²) in [5.41, 5.74) is -1.99. The molecule has 3 aromatic rings. The van der Waals surface area contributed by atoms with Crippen molar-refractivity contribution in [2.45, 2.75) is 5.92 Å². The zero-order chi connectivity index (χ0) is 24.3. The zero-order valence-electron chi connectivity index (χ0n) is 16.7. The van der Waals surface area contributed by atoms with Crippen LogP contribution < -0.4 is 16.7 Å². The van der Waals surface area contributed by atoms with Crippen LogP contribution in [0.3, 0.4) is 0 Å². The molecule has 3 rings (SSSR count). The molecular formula is C19H14Cl2N6O6. The van der Waals surface area contributed by atoms with Crippen LogP contribution in [0, 0.1) is 10.1 Å². The summed E-state index contributed by atoms with van der Waals surface area (Å²) in [6.45, 7) is 0. The van der Waals surface area contributed by atoms with Gasteiger partial charge < -0.3 is 20.9 Å². The summed E-state index contributed by atoms with van der Waals surface area (Å²) in [5, 5.41) is 17.2. The van der Waals surface area contributed by atoms with E-state index in [2.05, 4.69) is 20.4 Å². The Labute approximate surface area is 194 Å². The molecule has 33 heavy (non-hydrogen) atoms. The van der Waals surface area contributed by atoms with Gasteiger partial charge in [0.15, 0.2) is 5.92 Å². The number of rotatable bonds is 6. The Morgan fingerprint density at radius 1 is 1.27 bits per heavy atom. The molecular weight excluding hydrogens is 479 g/mol. The Bertz CT molecular complexity index is 1370. The number of hydrogen-bond donors (Lipinski definition) is 3. The van der Waals surface area contributed by atoms with Crippen LogP contribution in [0.1, 0.15) is 11.6 Å². The second-order valence-corrected chi connectivity index (χ2v) is 7.30. The molecule has 0 spiro atoms. The number of non-ortho nitro benzene ring substituents is 1. The van der Waals surface area contributed by atoms with Gasteiger partial charge in [0, 0.05) is 17.2 Å². The number of amides is 1. The van der Waals surface area contributed by atoms with Crippen molar-refractivity contribution in [3.05, 3.63) is 72.6 Å². The van der Waals surface area contributed by atoms with Gasteiger partial charge in [0.1, 0.15) is 11.4 Å². The molecule has 0 fully saturated rings. The van der Waals surface area contributed by atoms with Gasteiger partial charge in [0.25, 0.3) is 17.2 Å². The molecule has 12 nitrogen and oxygen atoms in total. The minimum Gasteiger partial charge on any atom is -0.468 e. The van der Waals surface area contributed by atoms with Crippen molar-refractivity contribution in [1.82, 2.24) is 9.97 Å². The van der Waals surface area contributed by atoms with Crippen molar-refractivity contribution in [3.63, 3.8) is 0 Å². The standard InChI is InChI=1S/C19H14Cl2N6O6/c1-33-19(30)14(16(26-22)18(29)24-12-6-8(20)2-4-10(12)21)15-17(28)25-13-7-9(27(31)32)3-5-11(13)23-15/h2-7,14H,22H2,1H3,(H,24,29)(H,25,28)/b26-16-/t14-/m0/s1. The predicted molar refractivity (Wildman–Crippen MR) is 120 cm³/mol. The lowest BCUT2D eigenvalue weighted by atomic mass is 9.98. The maximum Gasteiger partial charge on any atom is 0.321 e. The zero-order valence-corrected chi connectivity index (χ0v) is 18.2. The van der Waals surface area contributed by atoms with Gasteiger partial charge >= 0.3 is 5.97 Å². The number of anilines is 1. The summed E-state index contributed by atoms with van der Waals surface area (Å²) in [7, 11) is 1.04. The van der Waals surface area contributed by atoms with Gasteiger partial charge in [-0.2, -0.15) is 5.10 Å². The summed E-state index contributed by atoms with van der Waals surface area (Å²) >= 11 is 12.0. The molecule has 2 aromatic carbocycles. The van der Waals surface area contributed by atoms with E-state index < -0.39 is 39.7 Å². The van der Waals surface area contributed by atoms with Crippen LogP contribution in [0.4, 0.5) is 11.4 Å². The summed E-state index contributed by atoms with van der Waals surface area (Å²) in [6, 6.07) is 7.83. The molecule has 1 atom stereocenters. The smallest absolute Gasteiger partial charge is 0.321 e. The number of methoxy groups -OCH3 is 1. The average molecular weight is 493 g/mol. The second-order valence-electron chi connectivity index (χ2n) is 6.46. The van der Waals surface area contributed by atoms with Gasteiger partial charge in [0.2, 0.25) is 0 Å². The van der Waals surface area contributed by atoms with E-state index in [1.165, 1.54) is 24.3 Å². The van der Waals surface area contributed by atoms with Gasteiger partial charge in [0.05, 0.1) is 33.8 Å². The van der Waals surface area contributed by atoms with E-state index in [1.807, 2.05) is 0 Å². The van der Waals surface area contributed by atoms with E-state index in [0.717, 1.165) is 19.2 Å². The van der Waals surface area contributed by atoms with E-state index in [1.54, 1.807) is 0 Å². The fourth-order valence-corrected chi connectivity index (χ4v) is 3.25. The molecule has 0 aliphatic carbocycles. The number of hydrogen-bond acceptors (Lipinski definition) is 9. The van der Waals surface area contributed by atoms with Crippen LogP contribution in [0.5, 0.6) is 0 Å². The number of fused-ring (bicyclic) bond motifs is 1. The minimum absolute atomic E-state index is 0.0444. The first kappa shape index (κ1) is 23.6. The first-order valence-electron chi connectivity index (χ1n) is 8.96. The molecule has 0 saturated carbocycles. The summed E-state index contributed by atoms with van der Waals surface area (Å²) < 4.78 is 4.73. The molecule has 4 N–H and O–H groups in total. The SMILES string of the molecule is COC(=O)[C@H](/C(=N/N)C(=O)Nc1cc(Cl)ccc1Cl)c1nc2ccc([N+](=O)[O-])cc2[nH]c1=O. The third-order valence-corrected chi connectivity index (χ3v) is 5.01. The number of carbonyl (C=O) groups is 2. The van der Waals surface area contributed by atoms with E-state index in [-0.39, 0.29) is 32.5 Å². The van der Waals surface area contributed by atoms with Crippen LogP contribution >= 0.6 is 23.2 Å². The average Bonchev–Trinajstić information content (AvgIpc) is 2.78. The number of nitro benzene ring substituents is 1. The minimum atomic E-state index is -1.72. The second kappa shape index (κ2) is 9.63. The first-order valence-corrected chi connectivity index (χ1v) is 9.72. The Morgan fingerprint density at radius 3 is 2.64 bits per heavy atom. The van der Waals surface area contributed by atoms with E-state index in [9.17, 15) is 24.5 Å². The first-order chi connectivity index (χ1) is 15.7. The summed E-state index contributed by atoms with van der Waals surface area (Å²) in [4.78, 5) is 55.0. The maximum absolute atomic E-state index is 12.9. The predicted octanol–water partition coefficient (Wildman–Crippen LogP) is 2.35. The van der Waals surface area contributed by atoms with Crippen LogP contribution in [-0.2, 0) is 14.3 Å². The number of aromatic nitrogens is 2. The number of esters is 1. The highest BCUT2D eigenvalue weighted by Crippen LogP contribution is 2.26. The van der Waals surface area contributed by atoms with Crippen LogP contribution in [0.2, 0.25) is 10.0 Å². The Hall–Kier alpha value is -4.03. The number of nitrogens with two attached hydrogens (primary N) is 1. The van der Waals surface area contributed by atoms with Gasteiger partial charge in [-0.3, -0.25) is 24.5 Å². The molecule has 1 amide bonds. The van der Waals surface area contributed by atoms with Gasteiger partial charge in [-0.15, -0.1) is 0 Å². The number of ether oxygens (including phenoxy) is 1. The fraction of sp³-hybridized carbons (Fsp3) is 0.105. The molecule has 1 heterocycles. The van der Waals surface area contributed by atoms with Crippen molar-refractivity contribution < 1.29 is 19.2 Å². The molecule has 0 aliphatic heterocycles. The molecule has 0 bridgehead atoms. The number of benzene rings is 2. The highest BCUT2D eigenvalue weighted by molar-refractivity contribution is 6.48. The van der Waals surface area contributed by atoms with E-state index >= 15 is 0 Å². The van der Waals surface area contributed by atoms with Gasteiger partial charge in [-0.05, 0) is 24.3 Å². The normalized spacial score (nSPS) is 12.3. The lowest BCUT2D eigenvalue weighted by molar-refractivity contribution is -0.384. The Morgan fingerprint density at radius 2 is 2.00 bits per heavy atom. The summed E-state index contributed by atoms with van der Waals surface area (Å²) in [5.74, 6) is 1.65. The lowest BCUT2D eigenvalue weighted by Gasteiger charge is -2.16. The van der Waals surface area contributed by atoms with E-state index in [4.69, 9.17) is 33.8 Å². The highest BCUT2D eigenvalue weighted by atomic mass is 35.5. The largest absolute Gasteiger partial charge is 0.468 e. The van der Waals surface area contributed by atoms with Crippen LogP contribution in [-0.4, -0.2) is 39.6 Å². The molecule has 0 aliphatic rings. The number of nitrogens with one attached hydrogen (secondary N) is 2. The van der Waals surface area contributed by atoms with Crippen molar-refractivity contribution in [3.8, 4) is 0 Å². The highest BCUT2D eigenvalue weighted by Gasteiger charge is 2.36. The van der Waals surface area contributed by atoms with Gasteiger partial charge in [-0.25, -0.2) is 4.98 Å². The summed E-state index contributed by atoms with van der Waals surface area (Å²) in [6.07, 6.45) is 0. The van der Waals surface area contributed by atoms with Crippen LogP contribution in [0.15, 0.2) is 46.3 Å². The quantitative estimate of drug-likeness (QED) is 0.154. The molecule has 14 heteroatoms. The third-order valence-electron chi connectivity index (χ3n) is 4.44.